The van der Waals surface area contributed by atoms with Crippen molar-refractivity contribution in [1.29, 1.82) is 0 Å². The van der Waals surface area contributed by atoms with Gasteiger partial charge in [-0.3, -0.25) is 0 Å². The van der Waals surface area contributed by atoms with E-state index < -0.39 is 0 Å². The van der Waals surface area contributed by atoms with Gasteiger partial charge in [-0.1, -0.05) is 44.2 Å². The minimum atomic E-state index is 0.0789. The van der Waals surface area contributed by atoms with Gasteiger partial charge in [0, 0.05) is 0 Å². The maximum absolute atomic E-state index is 5.63. The molecular formula is C15H18O. The zero-order chi connectivity index (χ0) is 11.4. The van der Waals surface area contributed by atoms with Gasteiger partial charge in [-0.15, -0.1) is 0 Å². The first-order valence-electron chi connectivity index (χ1n) is 5.90. The molecule has 0 aromatic heterocycles. The van der Waals surface area contributed by atoms with Gasteiger partial charge >= 0.3 is 0 Å². The van der Waals surface area contributed by atoms with Crippen LogP contribution in [0.25, 0.3) is 0 Å². The third-order valence-electron chi connectivity index (χ3n) is 3.14. The van der Waals surface area contributed by atoms with E-state index in [1.165, 1.54) is 11.1 Å². The van der Waals surface area contributed by atoms with Gasteiger partial charge in [0.15, 0.2) is 0 Å². The number of benzene rings is 1. The van der Waals surface area contributed by atoms with Gasteiger partial charge in [-0.25, -0.2) is 0 Å². The van der Waals surface area contributed by atoms with Crippen LogP contribution in [0.2, 0.25) is 0 Å². The summed E-state index contributed by atoms with van der Waals surface area (Å²) in [6.45, 7) is 4.47. The Hall–Kier alpha value is -1.50. The topological polar surface area (TPSA) is 9.23 Å². The predicted molar refractivity (Wildman–Crippen MR) is 66.9 cm³/mol. The standard InChI is InChI=1S/C15H18O/c1-3-12(2)14-9-10-16-15(11-14)13-7-5-4-6-8-13/h4-12,15H,3H2,1-2H3. The summed E-state index contributed by atoms with van der Waals surface area (Å²) in [5, 5.41) is 0. The largest absolute Gasteiger partial charge is 0.489 e. The second kappa shape index (κ2) is 5.02. The second-order valence-corrected chi connectivity index (χ2v) is 4.25. The molecule has 1 aliphatic heterocycles. The second-order valence-electron chi connectivity index (χ2n) is 4.25. The van der Waals surface area contributed by atoms with Crippen LogP contribution in [0, 0.1) is 5.92 Å². The highest BCUT2D eigenvalue weighted by atomic mass is 16.5. The first-order valence-corrected chi connectivity index (χ1v) is 5.90. The Bertz CT molecular complexity index is 389. The van der Waals surface area contributed by atoms with Gasteiger partial charge < -0.3 is 4.74 Å². The van der Waals surface area contributed by atoms with Crippen LogP contribution < -0.4 is 0 Å². The van der Waals surface area contributed by atoms with Crippen molar-refractivity contribution >= 4 is 0 Å². The molecule has 0 saturated heterocycles. The van der Waals surface area contributed by atoms with E-state index in [1.54, 1.807) is 0 Å². The van der Waals surface area contributed by atoms with Crippen molar-refractivity contribution in [1.82, 2.24) is 0 Å². The Labute approximate surface area is 97.4 Å². The van der Waals surface area contributed by atoms with Crippen molar-refractivity contribution in [3.63, 3.8) is 0 Å². The lowest BCUT2D eigenvalue weighted by molar-refractivity contribution is 0.183. The Morgan fingerprint density at radius 1 is 1.25 bits per heavy atom. The van der Waals surface area contributed by atoms with Gasteiger partial charge in [0.05, 0.1) is 6.26 Å². The summed E-state index contributed by atoms with van der Waals surface area (Å²) < 4.78 is 5.63. The SMILES string of the molecule is CCC(C)C1=CC(c2ccccc2)OC=C1. The van der Waals surface area contributed by atoms with Crippen molar-refractivity contribution in [3.8, 4) is 0 Å². The van der Waals surface area contributed by atoms with Crippen LogP contribution in [-0.4, -0.2) is 0 Å². The molecule has 84 valence electrons. The van der Waals surface area contributed by atoms with E-state index in [-0.39, 0.29) is 6.10 Å². The normalized spacial score (nSPS) is 21.1. The molecule has 0 aliphatic carbocycles. The molecule has 0 radical (unpaired) electrons. The first kappa shape index (κ1) is 11.0. The smallest absolute Gasteiger partial charge is 0.142 e. The van der Waals surface area contributed by atoms with E-state index in [4.69, 9.17) is 4.74 Å². The highest BCUT2D eigenvalue weighted by Gasteiger charge is 2.14. The van der Waals surface area contributed by atoms with E-state index in [0.717, 1.165) is 6.42 Å². The highest BCUT2D eigenvalue weighted by molar-refractivity contribution is 5.30. The van der Waals surface area contributed by atoms with Gasteiger partial charge in [0.25, 0.3) is 0 Å². The molecular weight excluding hydrogens is 196 g/mol. The van der Waals surface area contributed by atoms with Crippen LogP contribution in [0.5, 0.6) is 0 Å². The number of hydrogen-bond acceptors (Lipinski definition) is 1. The molecule has 2 atom stereocenters. The van der Waals surface area contributed by atoms with Crippen LogP contribution in [0.3, 0.4) is 0 Å². The number of rotatable bonds is 3. The van der Waals surface area contributed by atoms with Crippen LogP contribution in [0.15, 0.2) is 54.3 Å². The summed E-state index contributed by atoms with van der Waals surface area (Å²) in [6, 6.07) is 10.3. The molecule has 16 heavy (non-hydrogen) atoms. The number of hydrogen-bond donors (Lipinski definition) is 0. The molecule has 0 spiro atoms. The molecule has 0 bridgehead atoms. The number of allylic oxidation sites excluding steroid dienone is 2. The molecule has 0 saturated carbocycles. The molecule has 0 N–H and O–H groups in total. The molecule has 1 aliphatic rings. The molecule has 1 heterocycles. The summed E-state index contributed by atoms with van der Waals surface area (Å²) in [5.74, 6) is 0.603. The maximum atomic E-state index is 5.63. The summed E-state index contributed by atoms with van der Waals surface area (Å²) >= 11 is 0. The van der Waals surface area contributed by atoms with Gasteiger partial charge in [0.1, 0.15) is 6.10 Å². The average molecular weight is 214 g/mol. The van der Waals surface area contributed by atoms with Crippen molar-refractivity contribution < 1.29 is 4.74 Å². The Morgan fingerprint density at radius 2 is 2.00 bits per heavy atom. The maximum Gasteiger partial charge on any atom is 0.142 e. The lowest BCUT2D eigenvalue weighted by atomic mass is 9.94. The van der Waals surface area contributed by atoms with Crippen LogP contribution >= 0.6 is 0 Å². The van der Waals surface area contributed by atoms with Crippen LogP contribution in [-0.2, 0) is 4.74 Å². The minimum Gasteiger partial charge on any atom is -0.489 e. The van der Waals surface area contributed by atoms with E-state index in [2.05, 4.69) is 38.1 Å². The van der Waals surface area contributed by atoms with Gasteiger partial charge in [0.2, 0.25) is 0 Å². The summed E-state index contributed by atoms with van der Waals surface area (Å²) in [7, 11) is 0. The van der Waals surface area contributed by atoms with E-state index in [9.17, 15) is 0 Å². The zero-order valence-electron chi connectivity index (χ0n) is 9.89. The Balaban J connectivity index is 2.20. The van der Waals surface area contributed by atoms with Crippen LogP contribution in [0.4, 0.5) is 0 Å². The van der Waals surface area contributed by atoms with Gasteiger partial charge in [-0.2, -0.15) is 0 Å². The first-order chi connectivity index (χ1) is 7.81. The summed E-state index contributed by atoms with van der Waals surface area (Å²) in [6.07, 6.45) is 7.36. The fourth-order valence-corrected chi connectivity index (χ4v) is 1.85. The fourth-order valence-electron chi connectivity index (χ4n) is 1.85. The molecule has 1 aromatic rings. The fraction of sp³-hybridized carbons (Fsp3) is 0.333. The Kier molecular flexibility index (Phi) is 3.45. The van der Waals surface area contributed by atoms with Crippen LogP contribution in [0.1, 0.15) is 31.9 Å². The molecule has 0 fully saturated rings. The summed E-state index contributed by atoms with van der Waals surface area (Å²) in [5.41, 5.74) is 2.59. The molecule has 2 rings (SSSR count). The molecule has 1 aromatic carbocycles. The van der Waals surface area contributed by atoms with Crippen molar-refractivity contribution in [2.24, 2.45) is 5.92 Å². The lowest BCUT2D eigenvalue weighted by Crippen LogP contribution is -2.06. The minimum absolute atomic E-state index is 0.0789. The van der Waals surface area contributed by atoms with E-state index in [1.807, 2.05) is 24.5 Å². The lowest BCUT2D eigenvalue weighted by Gasteiger charge is -2.21. The Morgan fingerprint density at radius 3 is 2.69 bits per heavy atom. The van der Waals surface area contributed by atoms with Crippen molar-refractivity contribution in [3.05, 3.63) is 59.9 Å². The van der Waals surface area contributed by atoms with Gasteiger partial charge in [-0.05, 0) is 35.6 Å². The van der Waals surface area contributed by atoms with Crippen molar-refractivity contribution in [2.75, 3.05) is 0 Å². The monoisotopic (exact) mass is 214 g/mol. The third kappa shape index (κ3) is 2.35. The predicted octanol–water partition coefficient (Wildman–Crippen LogP) is 4.24. The highest BCUT2D eigenvalue weighted by Crippen LogP contribution is 2.28. The molecule has 2 unspecified atom stereocenters. The zero-order valence-corrected chi connectivity index (χ0v) is 9.89. The summed E-state index contributed by atoms with van der Waals surface area (Å²) in [4.78, 5) is 0. The van der Waals surface area contributed by atoms with E-state index >= 15 is 0 Å². The third-order valence-corrected chi connectivity index (χ3v) is 3.14. The molecule has 1 nitrogen and oxygen atoms in total. The molecule has 0 amide bonds. The van der Waals surface area contributed by atoms with E-state index in [0.29, 0.717) is 5.92 Å². The average Bonchev–Trinajstić information content (AvgIpc) is 2.39. The quantitative estimate of drug-likeness (QED) is 0.731. The van der Waals surface area contributed by atoms with Crippen molar-refractivity contribution in [2.45, 2.75) is 26.4 Å². The number of ether oxygens (including phenoxy) is 1. The molecule has 1 heteroatoms.